The van der Waals surface area contributed by atoms with Gasteiger partial charge in [-0.1, -0.05) is 24.3 Å². The number of hydrogen-bond acceptors (Lipinski definition) is 4. The minimum Gasteiger partial charge on any atom is -0.324 e. The highest BCUT2D eigenvalue weighted by atomic mass is 32.2. The summed E-state index contributed by atoms with van der Waals surface area (Å²) in [6.45, 7) is 1.24. The lowest BCUT2D eigenvalue weighted by Gasteiger charge is -2.22. The number of para-hydroxylation sites is 1. The van der Waals surface area contributed by atoms with E-state index in [0.29, 0.717) is 11.3 Å². The number of halogens is 1. The van der Waals surface area contributed by atoms with Crippen LogP contribution in [0.1, 0.15) is 23.7 Å². The number of anilines is 2. The Morgan fingerprint density at radius 3 is 2.42 bits per heavy atom. The zero-order valence-corrected chi connectivity index (χ0v) is 15.2. The third kappa shape index (κ3) is 5.13. The summed E-state index contributed by atoms with van der Waals surface area (Å²) >= 11 is 0. The monoisotopic (exact) mass is 378 g/mol. The van der Waals surface area contributed by atoms with Gasteiger partial charge in [-0.2, -0.15) is 0 Å². The third-order valence-electron chi connectivity index (χ3n) is 3.63. The van der Waals surface area contributed by atoms with Gasteiger partial charge in [0.2, 0.25) is 15.9 Å². The molecule has 0 radical (unpaired) electrons. The molecule has 26 heavy (non-hydrogen) atoms. The van der Waals surface area contributed by atoms with Crippen LogP contribution in [0.5, 0.6) is 0 Å². The third-order valence-corrected chi connectivity index (χ3v) is 4.82. The molecule has 0 aliphatic rings. The maximum absolute atomic E-state index is 13.6. The summed E-state index contributed by atoms with van der Waals surface area (Å²) < 4.78 is 38.8. The molecule has 0 saturated heterocycles. The van der Waals surface area contributed by atoms with E-state index in [1.807, 2.05) is 0 Å². The van der Waals surface area contributed by atoms with E-state index in [0.717, 1.165) is 10.6 Å². The van der Waals surface area contributed by atoms with Crippen molar-refractivity contribution in [3.63, 3.8) is 0 Å². The van der Waals surface area contributed by atoms with Crippen LogP contribution in [-0.4, -0.2) is 32.9 Å². The van der Waals surface area contributed by atoms with Gasteiger partial charge >= 0.3 is 0 Å². The van der Waals surface area contributed by atoms with Crippen LogP contribution in [0.4, 0.5) is 15.8 Å². The van der Waals surface area contributed by atoms with E-state index in [-0.39, 0.29) is 24.4 Å². The first kappa shape index (κ1) is 19.6. The maximum Gasteiger partial charge on any atom is 0.232 e. The van der Waals surface area contributed by atoms with Crippen molar-refractivity contribution in [2.24, 2.45) is 0 Å². The number of nitrogens with one attached hydrogen (secondary N) is 1. The second-order valence-electron chi connectivity index (χ2n) is 5.72. The van der Waals surface area contributed by atoms with Gasteiger partial charge in [-0.15, -0.1) is 0 Å². The molecule has 0 fully saturated rings. The van der Waals surface area contributed by atoms with Crippen LogP contribution in [0, 0.1) is 5.82 Å². The highest BCUT2D eigenvalue weighted by molar-refractivity contribution is 7.92. The van der Waals surface area contributed by atoms with Crippen molar-refractivity contribution >= 4 is 33.1 Å². The van der Waals surface area contributed by atoms with Crippen LogP contribution in [0.2, 0.25) is 0 Å². The second kappa shape index (κ2) is 8.09. The van der Waals surface area contributed by atoms with Crippen LogP contribution in [0.15, 0.2) is 48.5 Å². The topological polar surface area (TPSA) is 83.6 Å². The zero-order chi connectivity index (χ0) is 19.3. The molecule has 8 heteroatoms. The Morgan fingerprint density at radius 2 is 1.81 bits per heavy atom. The average molecular weight is 378 g/mol. The molecule has 2 rings (SSSR count). The molecule has 2 aromatic rings. The normalized spacial score (nSPS) is 11.0. The van der Waals surface area contributed by atoms with Crippen LogP contribution < -0.4 is 9.62 Å². The fourth-order valence-corrected chi connectivity index (χ4v) is 3.26. The molecule has 0 aliphatic carbocycles. The molecule has 0 aromatic heterocycles. The minimum absolute atomic E-state index is 0.0296. The van der Waals surface area contributed by atoms with Crippen LogP contribution >= 0.6 is 0 Å². The lowest BCUT2D eigenvalue weighted by Crippen LogP contribution is -2.33. The molecule has 2 aromatic carbocycles. The molecule has 0 aliphatic heterocycles. The Labute approximate surface area is 151 Å². The standard InChI is InChI=1S/C18H19FN2O4S/c1-13(22)14-6-5-7-15(12-14)21(26(2,24)25)11-10-18(23)20-17-9-4-3-8-16(17)19/h3-9,12H,10-11H2,1-2H3,(H,20,23). The van der Waals surface area contributed by atoms with E-state index < -0.39 is 21.7 Å². The Morgan fingerprint density at radius 1 is 1.12 bits per heavy atom. The average Bonchev–Trinajstić information content (AvgIpc) is 2.56. The number of rotatable bonds is 7. The molecular formula is C18H19FN2O4S. The van der Waals surface area contributed by atoms with Gasteiger partial charge in [-0.05, 0) is 31.2 Å². The van der Waals surface area contributed by atoms with Crippen molar-refractivity contribution in [3.05, 3.63) is 59.9 Å². The SMILES string of the molecule is CC(=O)c1cccc(N(CCC(=O)Nc2ccccc2F)S(C)(=O)=O)c1. The summed E-state index contributed by atoms with van der Waals surface area (Å²) in [6, 6.07) is 11.9. The Kier molecular flexibility index (Phi) is 6.10. The summed E-state index contributed by atoms with van der Waals surface area (Å²) in [7, 11) is -3.67. The van der Waals surface area contributed by atoms with E-state index in [2.05, 4.69) is 5.32 Å². The first-order valence-corrected chi connectivity index (χ1v) is 9.66. The lowest BCUT2D eigenvalue weighted by atomic mass is 10.1. The molecule has 138 valence electrons. The quantitative estimate of drug-likeness (QED) is 0.751. The summed E-state index contributed by atoms with van der Waals surface area (Å²) in [6.07, 6.45) is 0.841. The van der Waals surface area contributed by atoms with E-state index in [4.69, 9.17) is 0 Å². The number of Topliss-reactive ketones (excluding diaryl/α,β-unsaturated/α-hetero) is 1. The summed E-state index contributed by atoms with van der Waals surface area (Å²) in [5.41, 5.74) is 0.688. The van der Waals surface area contributed by atoms with Crippen LogP contribution in [-0.2, 0) is 14.8 Å². The zero-order valence-electron chi connectivity index (χ0n) is 14.4. The second-order valence-corrected chi connectivity index (χ2v) is 7.63. The van der Waals surface area contributed by atoms with Crippen molar-refractivity contribution in [2.75, 3.05) is 22.4 Å². The predicted octanol–water partition coefficient (Wildman–Crippen LogP) is 2.82. The smallest absolute Gasteiger partial charge is 0.232 e. The summed E-state index contributed by atoms with van der Waals surface area (Å²) in [5, 5.41) is 2.41. The Hall–Kier alpha value is -2.74. The van der Waals surface area contributed by atoms with Crippen molar-refractivity contribution < 1.29 is 22.4 Å². The Balaban J connectivity index is 2.14. The number of nitrogens with zero attached hydrogens (tertiary/aromatic N) is 1. The van der Waals surface area contributed by atoms with E-state index in [9.17, 15) is 22.4 Å². The largest absolute Gasteiger partial charge is 0.324 e. The van der Waals surface area contributed by atoms with Crippen molar-refractivity contribution in [2.45, 2.75) is 13.3 Å². The van der Waals surface area contributed by atoms with Gasteiger partial charge in [0.15, 0.2) is 5.78 Å². The highest BCUT2D eigenvalue weighted by Crippen LogP contribution is 2.20. The van der Waals surface area contributed by atoms with E-state index in [1.54, 1.807) is 24.3 Å². The number of amides is 1. The number of carbonyl (C=O) groups excluding carboxylic acids is 2. The summed E-state index contributed by atoms with van der Waals surface area (Å²) in [4.78, 5) is 23.6. The number of hydrogen-bond donors (Lipinski definition) is 1. The van der Waals surface area contributed by atoms with Gasteiger partial charge in [-0.3, -0.25) is 13.9 Å². The fraction of sp³-hybridized carbons (Fsp3) is 0.222. The van der Waals surface area contributed by atoms with E-state index >= 15 is 0 Å². The maximum atomic E-state index is 13.6. The number of benzene rings is 2. The van der Waals surface area contributed by atoms with Crippen molar-refractivity contribution in [1.29, 1.82) is 0 Å². The highest BCUT2D eigenvalue weighted by Gasteiger charge is 2.19. The molecule has 1 N–H and O–H groups in total. The van der Waals surface area contributed by atoms with Gasteiger partial charge in [0.05, 0.1) is 17.6 Å². The van der Waals surface area contributed by atoms with Crippen molar-refractivity contribution in [3.8, 4) is 0 Å². The van der Waals surface area contributed by atoms with Gasteiger partial charge < -0.3 is 5.32 Å². The van der Waals surface area contributed by atoms with Gasteiger partial charge in [0, 0.05) is 18.5 Å². The molecular weight excluding hydrogens is 359 g/mol. The molecule has 6 nitrogen and oxygen atoms in total. The number of carbonyl (C=O) groups is 2. The summed E-state index contributed by atoms with van der Waals surface area (Å²) in [5.74, 6) is -1.29. The number of sulfonamides is 1. The first-order valence-electron chi connectivity index (χ1n) is 7.81. The van der Waals surface area contributed by atoms with E-state index in [1.165, 1.54) is 31.2 Å². The molecule has 0 bridgehead atoms. The van der Waals surface area contributed by atoms with Crippen molar-refractivity contribution in [1.82, 2.24) is 0 Å². The minimum atomic E-state index is -3.67. The lowest BCUT2D eigenvalue weighted by molar-refractivity contribution is -0.116. The number of ketones is 1. The molecule has 0 unspecified atom stereocenters. The molecule has 0 heterocycles. The molecule has 0 atom stereocenters. The van der Waals surface area contributed by atoms with Gasteiger partial charge in [0.1, 0.15) is 5.82 Å². The molecule has 0 saturated carbocycles. The van der Waals surface area contributed by atoms with Crippen LogP contribution in [0.3, 0.4) is 0 Å². The first-order chi connectivity index (χ1) is 12.2. The predicted molar refractivity (Wildman–Crippen MR) is 98.3 cm³/mol. The molecule has 0 spiro atoms. The fourth-order valence-electron chi connectivity index (χ4n) is 2.34. The van der Waals surface area contributed by atoms with Gasteiger partial charge in [0.25, 0.3) is 0 Å². The van der Waals surface area contributed by atoms with Crippen LogP contribution in [0.25, 0.3) is 0 Å². The Bertz CT molecular complexity index is 928. The van der Waals surface area contributed by atoms with Gasteiger partial charge in [-0.25, -0.2) is 12.8 Å². The molecule has 1 amide bonds.